The zero-order chi connectivity index (χ0) is 14.1. The fourth-order valence-corrected chi connectivity index (χ4v) is 2.51. The predicted molar refractivity (Wildman–Crippen MR) is 80.3 cm³/mol. The second-order valence-corrected chi connectivity index (χ2v) is 5.17. The molecule has 0 unspecified atom stereocenters. The molecule has 1 heterocycles. The number of ether oxygens (including phenoxy) is 2. The molecule has 1 aliphatic heterocycles. The van der Waals surface area contributed by atoms with Crippen molar-refractivity contribution < 1.29 is 9.47 Å². The maximum atomic E-state index is 6.01. The van der Waals surface area contributed by atoms with E-state index in [0.29, 0.717) is 13.2 Å². The number of nitrogens with two attached hydrogens (primary N) is 1. The maximum Gasteiger partial charge on any atom is 0.169 e. The number of rotatable bonds is 2. The van der Waals surface area contributed by atoms with Crippen molar-refractivity contribution in [2.24, 2.45) is 5.73 Å². The van der Waals surface area contributed by atoms with Gasteiger partial charge in [-0.3, -0.25) is 0 Å². The molecule has 2 N–H and O–H groups in total. The highest BCUT2D eigenvalue weighted by molar-refractivity contribution is 5.77. The summed E-state index contributed by atoms with van der Waals surface area (Å²) in [5, 5.41) is 0. The van der Waals surface area contributed by atoms with Gasteiger partial charge >= 0.3 is 0 Å². The molecular formula is C17H19NO2. The van der Waals surface area contributed by atoms with Crippen molar-refractivity contribution >= 4 is 0 Å². The van der Waals surface area contributed by atoms with E-state index in [2.05, 4.69) is 38.1 Å². The van der Waals surface area contributed by atoms with E-state index in [-0.39, 0.29) is 6.10 Å². The number of benzene rings is 2. The van der Waals surface area contributed by atoms with Crippen molar-refractivity contribution in [1.82, 2.24) is 0 Å². The first-order chi connectivity index (χ1) is 9.70. The van der Waals surface area contributed by atoms with E-state index in [1.165, 1.54) is 16.7 Å². The van der Waals surface area contributed by atoms with Crippen LogP contribution >= 0.6 is 0 Å². The van der Waals surface area contributed by atoms with Crippen LogP contribution in [0.25, 0.3) is 11.1 Å². The molecule has 0 saturated heterocycles. The van der Waals surface area contributed by atoms with Crippen LogP contribution in [-0.2, 0) is 0 Å². The Hall–Kier alpha value is -2.00. The Bertz CT molecular complexity index is 637. The van der Waals surface area contributed by atoms with Crippen LogP contribution in [0.2, 0.25) is 0 Å². The van der Waals surface area contributed by atoms with E-state index in [0.717, 1.165) is 17.1 Å². The van der Waals surface area contributed by atoms with E-state index in [4.69, 9.17) is 15.2 Å². The van der Waals surface area contributed by atoms with Gasteiger partial charge in [0.1, 0.15) is 12.7 Å². The largest absolute Gasteiger partial charge is 0.486 e. The molecule has 0 spiro atoms. The number of aryl methyl sites for hydroxylation is 1. The van der Waals surface area contributed by atoms with Gasteiger partial charge in [0.15, 0.2) is 11.5 Å². The minimum atomic E-state index is -0.0752. The lowest BCUT2D eigenvalue weighted by Gasteiger charge is -2.27. The highest BCUT2D eigenvalue weighted by atomic mass is 16.6. The third-order valence-corrected chi connectivity index (χ3v) is 3.85. The van der Waals surface area contributed by atoms with Gasteiger partial charge in [-0.2, -0.15) is 0 Å². The summed E-state index contributed by atoms with van der Waals surface area (Å²) in [4.78, 5) is 0. The van der Waals surface area contributed by atoms with Crippen LogP contribution in [0, 0.1) is 13.8 Å². The molecule has 0 fully saturated rings. The van der Waals surface area contributed by atoms with Gasteiger partial charge in [-0.25, -0.2) is 0 Å². The first-order valence-electron chi connectivity index (χ1n) is 6.90. The van der Waals surface area contributed by atoms with Gasteiger partial charge in [0.25, 0.3) is 0 Å². The predicted octanol–water partition coefficient (Wildman–Crippen LogP) is 3.07. The molecule has 0 bridgehead atoms. The summed E-state index contributed by atoms with van der Waals surface area (Å²) in [7, 11) is 0. The fourth-order valence-electron chi connectivity index (χ4n) is 2.51. The SMILES string of the molecule is Cc1cccc(-c2cccc3c2O[C@H](CN)CO3)c1C. The Morgan fingerprint density at radius 3 is 2.65 bits per heavy atom. The smallest absolute Gasteiger partial charge is 0.169 e. The Morgan fingerprint density at radius 2 is 1.85 bits per heavy atom. The topological polar surface area (TPSA) is 44.5 Å². The summed E-state index contributed by atoms with van der Waals surface area (Å²) < 4.78 is 11.8. The minimum Gasteiger partial charge on any atom is -0.486 e. The van der Waals surface area contributed by atoms with Crippen molar-refractivity contribution in [3.8, 4) is 22.6 Å². The standard InChI is InChI=1S/C17H19NO2/c1-11-5-3-6-14(12(11)2)15-7-4-8-16-17(15)20-13(9-18)10-19-16/h3-8,13H,9-10,18H2,1-2H3/t13-/m1/s1. The zero-order valence-corrected chi connectivity index (χ0v) is 11.8. The lowest BCUT2D eigenvalue weighted by Crippen LogP contribution is -2.35. The summed E-state index contributed by atoms with van der Waals surface area (Å²) in [5.41, 5.74) is 10.5. The van der Waals surface area contributed by atoms with E-state index >= 15 is 0 Å². The van der Waals surface area contributed by atoms with Crippen molar-refractivity contribution in [2.45, 2.75) is 20.0 Å². The summed E-state index contributed by atoms with van der Waals surface area (Å²) in [6.07, 6.45) is -0.0752. The first kappa shape index (κ1) is 13.0. The monoisotopic (exact) mass is 269 g/mol. The molecule has 3 heteroatoms. The molecule has 104 valence electrons. The van der Waals surface area contributed by atoms with Gasteiger partial charge in [0.2, 0.25) is 0 Å². The van der Waals surface area contributed by atoms with Crippen LogP contribution in [-0.4, -0.2) is 19.3 Å². The third kappa shape index (κ3) is 2.14. The lowest BCUT2D eigenvalue weighted by atomic mass is 9.96. The summed E-state index contributed by atoms with van der Waals surface area (Å²) in [6, 6.07) is 12.3. The van der Waals surface area contributed by atoms with E-state index in [1.807, 2.05) is 12.1 Å². The lowest BCUT2D eigenvalue weighted by molar-refractivity contribution is 0.0976. The van der Waals surface area contributed by atoms with Crippen LogP contribution in [0.1, 0.15) is 11.1 Å². The van der Waals surface area contributed by atoms with Crippen LogP contribution in [0.4, 0.5) is 0 Å². The Kier molecular flexibility index (Phi) is 3.36. The molecule has 0 aliphatic carbocycles. The molecule has 1 aliphatic rings. The van der Waals surface area contributed by atoms with Gasteiger partial charge in [0, 0.05) is 12.1 Å². The minimum absolute atomic E-state index is 0.0752. The van der Waals surface area contributed by atoms with Gasteiger partial charge in [-0.1, -0.05) is 30.3 Å². The first-order valence-corrected chi connectivity index (χ1v) is 6.90. The molecular weight excluding hydrogens is 250 g/mol. The molecule has 0 radical (unpaired) electrons. The van der Waals surface area contributed by atoms with E-state index < -0.39 is 0 Å². The molecule has 0 saturated carbocycles. The molecule has 0 aromatic heterocycles. The average molecular weight is 269 g/mol. The molecule has 2 aromatic carbocycles. The van der Waals surface area contributed by atoms with Crippen LogP contribution in [0.5, 0.6) is 11.5 Å². The summed E-state index contributed by atoms with van der Waals surface area (Å²) in [5.74, 6) is 1.61. The van der Waals surface area contributed by atoms with Crippen molar-refractivity contribution in [1.29, 1.82) is 0 Å². The fraction of sp³-hybridized carbons (Fsp3) is 0.294. The Labute approximate surface area is 119 Å². The molecule has 0 amide bonds. The van der Waals surface area contributed by atoms with Crippen LogP contribution in [0.3, 0.4) is 0 Å². The summed E-state index contributed by atoms with van der Waals surface area (Å²) in [6.45, 7) is 5.22. The highest BCUT2D eigenvalue weighted by Crippen LogP contribution is 2.42. The van der Waals surface area contributed by atoms with Gasteiger partial charge in [0.05, 0.1) is 0 Å². The van der Waals surface area contributed by atoms with Crippen LogP contribution < -0.4 is 15.2 Å². The van der Waals surface area contributed by atoms with Crippen molar-refractivity contribution in [3.05, 3.63) is 47.5 Å². The van der Waals surface area contributed by atoms with Gasteiger partial charge in [-0.15, -0.1) is 0 Å². The number of para-hydroxylation sites is 1. The second kappa shape index (κ2) is 5.17. The van der Waals surface area contributed by atoms with E-state index in [9.17, 15) is 0 Å². The molecule has 3 rings (SSSR count). The normalized spacial score (nSPS) is 17.1. The Balaban J connectivity index is 2.13. The van der Waals surface area contributed by atoms with Crippen molar-refractivity contribution in [3.63, 3.8) is 0 Å². The number of hydrogen-bond acceptors (Lipinski definition) is 3. The average Bonchev–Trinajstić information content (AvgIpc) is 2.49. The van der Waals surface area contributed by atoms with Crippen LogP contribution in [0.15, 0.2) is 36.4 Å². The van der Waals surface area contributed by atoms with Crippen molar-refractivity contribution in [2.75, 3.05) is 13.2 Å². The quantitative estimate of drug-likeness (QED) is 0.911. The maximum absolute atomic E-state index is 6.01. The van der Waals surface area contributed by atoms with Gasteiger partial charge in [-0.05, 0) is 36.6 Å². The molecule has 20 heavy (non-hydrogen) atoms. The second-order valence-electron chi connectivity index (χ2n) is 5.17. The number of hydrogen-bond donors (Lipinski definition) is 1. The molecule has 2 aromatic rings. The Morgan fingerprint density at radius 1 is 1.10 bits per heavy atom. The summed E-state index contributed by atoms with van der Waals surface area (Å²) >= 11 is 0. The highest BCUT2D eigenvalue weighted by Gasteiger charge is 2.23. The molecule has 3 nitrogen and oxygen atoms in total. The number of fused-ring (bicyclic) bond motifs is 1. The molecule has 1 atom stereocenters. The third-order valence-electron chi connectivity index (χ3n) is 3.85. The van der Waals surface area contributed by atoms with E-state index in [1.54, 1.807) is 0 Å². The zero-order valence-electron chi connectivity index (χ0n) is 11.8. The van der Waals surface area contributed by atoms with Gasteiger partial charge < -0.3 is 15.2 Å².